The second-order valence-electron chi connectivity index (χ2n) is 3.50. The third-order valence-corrected chi connectivity index (χ3v) is 2.37. The Labute approximate surface area is 79.1 Å². The van der Waals surface area contributed by atoms with Gasteiger partial charge in [0.2, 0.25) is 0 Å². The fraction of sp³-hybridized carbons (Fsp3) is 1.00. The largest absolute Gasteiger partial charge is 0.394 e. The van der Waals surface area contributed by atoms with Gasteiger partial charge >= 0.3 is 0 Å². The van der Waals surface area contributed by atoms with E-state index in [9.17, 15) is 5.11 Å². The molecule has 4 heteroatoms. The molecule has 1 fully saturated rings. The van der Waals surface area contributed by atoms with Gasteiger partial charge < -0.3 is 14.9 Å². The molecule has 0 saturated carbocycles. The molecule has 1 saturated heterocycles. The van der Waals surface area contributed by atoms with E-state index in [2.05, 4.69) is 4.90 Å². The lowest BCUT2D eigenvalue weighted by molar-refractivity contribution is -0.0616. The minimum Gasteiger partial charge on any atom is -0.394 e. The first-order chi connectivity index (χ1) is 6.26. The maximum absolute atomic E-state index is 9.42. The van der Waals surface area contributed by atoms with Gasteiger partial charge in [0.05, 0.1) is 25.4 Å². The van der Waals surface area contributed by atoms with Crippen LogP contribution in [0.5, 0.6) is 0 Å². The van der Waals surface area contributed by atoms with Crippen molar-refractivity contribution in [2.24, 2.45) is 0 Å². The average Bonchev–Trinajstić information content (AvgIpc) is 2.18. The molecule has 1 aliphatic heterocycles. The van der Waals surface area contributed by atoms with E-state index in [0.717, 1.165) is 19.5 Å². The molecule has 1 heterocycles. The van der Waals surface area contributed by atoms with Gasteiger partial charge in [0.25, 0.3) is 0 Å². The number of morpholine rings is 1. The van der Waals surface area contributed by atoms with Crippen molar-refractivity contribution in [2.75, 3.05) is 32.8 Å². The summed E-state index contributed by atoms with van der Waals surface area (Å²) in [6.07, 6.45) is 0.455. The molecule has 1 rings (SSSR count). The van der Waals surface area contributed by atoms with Crippen LogP contribution in [0.3, 0.4) is 0 Å². The van der Waals surface area contributed by atoms with E-state index in [0.29, 0.717) is 13.2 Å². The van der Waals surface area contributed by atoms with Crippen LogP contribution in [0.2, 0.25) is 0 Å². The van der Waals surface area contributed by atoms with Crippen LogP contribution in [0.1, 0.15) is 13.3 Å². The van der Waals surface area contributed by atoms with Crippen LogP contribution < -0.4 is 0 Å². The molecule has 0 aromatic heterocycles. The second kappa shape index (κ2) is 5.54. The Bertz CT molecular complexity index is 141. The smallest absolute Gasteiger partial charge is 0.0932 e. The molecule has 0 spiro atoms. The summed E-state index contributed by atoms with van der Waals surface area (Å²) in [7, 11) is 0. The van der Waals surface area contributed by atoms with E-state index in [4.69, 9.17) is 9.84 Å². The van der Waals surface area contributed by atoms with Crippen LogP contribution in [0.4, 0.5) is 0 Å². The zero-order valence-corrected chi connectivity index (χ0v) is 8.15. The monoisotopic (exact) mass is 189 g/mol. The highest BCUT2D eigenvalue weighted by atomic mass is 16.5. The van der Waals surface area contributed by atoms with Crippen LogP contribution in [0, 0.1) is 0 Å². The Balaban J connectivity index is 2.25. The van der Waals surface area contributed by atoms with Gasteiger partial charge in [-0.25, -0.2) is 0 Å². The fourth-order valence-corrected chi connectivity index (χ4v) is 1.48. The first kappa shape index (κ1) is 10.9. The molecule has 2 N–H and O–H groups in total. The predicted octanol–water partition coefficient (Wildman–Crippen LogP) is -0.550. The van der Waals surface area contributed by atoms with Crippen molar-refractivity contribution < 1.29 is 14.9 Å². The van der Waals surface area contributed by atoms with Crippen LogP contribution in [-0.4, -0.2) is 60.2 Å². The van der Waals surface area contributed by atoms with Gasteiger partial charge in [0.1, 0.15) is 0 Å². The summed E-state index contributed by atoms with van der Waals surface area (Å²) in [4.78, 5) is 2.14. The van der Waals surface area contributed by atoms with Gasteiger partial charge in [-0.3, -0.25) is 4.90 Å². The van der Waals surface area contributed by atoms with E-state index < -0.39 is 0 Å². The SMILES string of the molecule is CCC(O)CN1CCOC(CO)C1. The lowest BCUT2D eigenvalue weighted by Gasteiger charge is -2.32. The summed E-state index contributed by atoms with van der Waals surface area (Å²) < 4.78 is 5.30. The van der Waals surface area contributed by atoms with Gasteiger partial charge in [0.15, 0.2) is 0 Å². The molecular formula is C9H19NO3. The summed E-state index contributed by atoms with van der Waals surface area (Å²) in [6, 6.07) is 0. The number of rotatable bonds is 4. The zero-order valence-electron chi connectivity index (χ0n) is 8.15. The van der Waals surface area contributed by atoms with Crippen molar-refractivity contribution in [1.82, 2.24) is 4.90 Å². The Morgan fingerprint density at radius 3 is 3.00 bits per heavy atom. The summed E-state index contributed by atoms with van der Waals surface area (Å²) in [5, 5.41) is 18.3. The van der Waals surface area contributed by atoms with Crippen LogP contribution in [0.25, 0.3) is 0 Å². The van der Waals surface area contributed by atoms with E-state index in [1.54, 1.807) is 0 Å². The normalized spacial score (nSPS) is 27.5. The number of hydrogen-bond donors (Lipinski definition) is 2. The topological polar surface area (TPSA) is 52.9 Å². The fourth-order valence-electron chi connectivity index (χ4n) is 1.48. The van der Waals surface area contributed by atoms with Crippen molar-refractivity contribution in [3.8, 4) is 0 Å². The third-order valence-electron chi connectivity index (χ3n) is 2.37. The Morgan fingerprint density at radius 1 is 1.62 bits per heavy atom. The van der Waals surface area contributed by atoms with Crippen molar-refractivity contribution in [2.45, 2.75) is 25.6 Å². The summed E-state index contributed by atoms with van der Waals surface area (Å²) in [5.74, 6) is 0. The highest BCUT2D eigenvalue weighted by Crippen LogP contribution is 2.06. The van der Waals surface area contributed by atoms with Crippen molar-refractivity contribution in [3.05, 3.63) is 0 Å². The van der Waals surface area contributed by atoms with Crippen molar-refractivity contribution >= 4 is 0 Å². The van der Waals surface area contributed by atoms with Crippen LogP contribution in [0.15, 0.2) is 0 Å². The second-order valence-corrected chi connectivity index (χ2v) is 3.50. The number of ether oxygens (including phenoxy) is 1. The quantitative estimate of drug-likeness (QED) is 0.623. The Kier molecular flexibility index (Phi) is 4.66. The zero-order chi connectivity index (χ0) is 9.68. The maximum Gasteiger partial charge on any atom is 0.0932 e. The van der Waals surface area contributed by atoms with Crippen LogP contribution >= 0.6 is 0 Å². The summed E-state index contributed by atoms with van der Waals surface area (Å²) >= 11 is 0. The van der Waals surface area contributed by atoms with E-state index in [1.807, 2.05) is 6.92 Å². The molecule has 0 aliphatic carbocycles. The molecule has 13 heavy (non-hydrogen) atoms. The number of nitrogens with zero attached hydrogens (tertiary/aromatic N) is 1. The van der Waals surface area contributed by atoms with Gasteiger partial charge in [-0.1, -0.05) is 6.92 Å². The van der Waals surface area contributed by atoms with Crippen LogP contribution in [-0.2, 0) is 4.74 Å². The molecule has 0 bridgehead atoms. The molecule has 2 atom stereocenters. The average molecular weight is 189 g/mol. The molecule has 2 unspecified atom stereocenters. The number of hydrogen-bond acceptors (Lipinski definition) is 4. The first-order valence-electron chi connectivity index (χ1n) is 4.89. The molecule has 4 nitrogen and oxygen atoms in total. The van der Waals surface area contributed by atoms with E-state index in [1.165, 1.54) is 0 Å². The molecule has 0 amide bonds. The molecule has 1 aliphatic rings. The minimum atomic E-state index is -0.252. The van der Waals surface area contributed by atoms with Crippen molar-refractivity contribution in [1.29, 1.82) is 0 Å². The molecule has 0 aromatic rings. The van der Waals surface area contributed by atoms with Gasteiger partial charge in [-0.2, -0.15) is 0 Å². The number of β-amino-alcohol motifs (C(OH)–C–C–N with tert-alkyl or cyclic N) is 1. The molecule has 0 radical (unpaired) electrons. The third kappa shape index (κ3) is 3.60. The predicted molar refractivity (Wildman–Crippen MR) is 49.6 cm³/mol. The molecular weight excluding hydrogens is 170 g/mol. The van der Waals surface area contributed by atoms with E-state index in [-0.39, 0.29) is 18.8 Å². The lowest BCUT2D eigenvalue weighted by atomic mass is 10.2. The lowest BCUT2D eigenvalue weighted by Crippen LogP contribution is -2.46. The standard InChI is InChI=1S/C9H19NO3/c1-2-8(12)5-10-3-4-13-9(6-10)7-11/h8-9,11-12H,2-7H2,1H3. The maximum atomic E-state index is 9.42. The van der Waals surface area contributed by atoms with Gasteiger partial charge in [-0.05, 0) is 6.42 Å². The summed E-state index contributed by atoms with van der Waals surface area (Å²) in [5.41, 5.74) is 0. The minimum absolute atomic E-state index is 0.0682. The summed E-state index contributed by atoms with van der Waals surface area (Å²) in [6.45, 7) is 4.96. The Morgan fingerprint density at radius 2 is 2.38 bits per heavy atom. The van der Waals surface area contributed by atoms with E-state index >= 15 is 0 Å². The molecule has 0 aromatic carbocycles. The number of aliphatic hydroxyl groups is 2. The van der Waals surface area contributed by atoms with Gasteiger partial charge in [0, 0.05) is 19.6 Å². The number of aliphatic hydroxyl groups excluding tert-OH is 2. The Hall–Kier alpha value is -0.160. The highest BCUT2D eigenvalue weighted by Gasteiger charge is 2.20. The molecule has 78 valence electrons. The highest BCUT2D eigenvalue weighted by molar-refractivity contribution is 4.72. The van der Waals surface area contributed by atoms with Gasteiger partial charge in [-0.15, -0.1) is 0 Å². The first-order valence-corrected chi connectivity index (χ1v) is 4.89. The van der Waals surface area contributed by atoms with Crippen molar-refractivity contribution in [3.63, 3.8) is 0 Å².